The second-order valence-electron chi connectivity index (χ2n) is 4.97. The Morgan fingerprint density at radius 3 is 2.12 bits per heavy atom. The lowest BCUT2D eigenvalue weighted by Gasteiger charge is -2.14. The number of ether oxygens (including phenoxy) is 1. The number of carboxylic acids is 1. The Morgan fingerprint density at radius 1 is 0.960 bits per heavy atom. The molecular formula is C17H21NO7. The van der Waals surface area contributed by atoms with Crippen LogP contribution >= 0.6 is 0 Å². The standard InChI is InChI=1S/C17H17NO5.2H2O/c19-14-8-6-12(7-9-14)10-15(16(20)21)18-17(22)23-11-13-4-2-1-3-5-13;;/h1-9,15,19H,10-11H2,(H,18,22)(H,20,21);2*1H2. The van der Waals surface area contributed by atoms with Crippen LogP contribution in [-0.2, 0) is 22.6 Å². The first-order valence-corrected chi connectivity index (χ1v) is 7.02. The maximum absolute atomic E-state index is 11.7. The summed E-state index contributed by atoms with van der Waals surface area (Å²) in [5.74, 6) is -1.06. The number of aliphatic carboxylic acids is 1. The van der Waals surface area contributed by atoms with Gasteiger partial charge in [-0.25, -0.2) is 9.59 Å². The third-order valence-electron chi connectivity index (χ3n) is 3.18. The molecule has 25 heavy (non-hydrogen) atoms. The second kappa shape index (κ2) is 10.6. The Hall–Kier alpha value is -3.10. The minimum atomic E-state index is -1.16. The smallest absolute Gasteiger partial charge is 0.408 e. The van der Waals surface area contributed by atoms with Gasteiger partial charge in [-0.1, -0.05) is 42.5 Å². The van der Waals surface area contributed by atoms with Gasteiger partial charge in [0.15, 0.2) is 0 Å². The topological polar surface area (TPSA) is 159 Å². The molecule has 0 fully saturated rings. The van der Waals surface area contributed by atoms with Crippen molar-refractivity contribution in [3.63, 3.8) is 0 Å². The van der Waals surface area contributed by atoms with Gasteiger partial charge in [0.25, 0.3) is 0 Å². The number of alkyl carbamates (subject to hydrolysis) is 1. The fourth-order valence-electron chi connectivity index (χ4n) is 1.97. The maximum atomic E-state index is 11.7. The number of carbonyl (C=O) groups excluding carboxylic acids is 1. The minimum Gasteiger partial charge on any atom is -0.508 e. The molecule has 0 heterocycles. The van der Waals surface area contributed by atoms with Crippen molar-refractivity contribution in [3.8, 4) is 5.75 Å². The van der Waals surface area contributed by atoms with E-state index in [0.29, 0.717) is 5.56 Å². The molecule has 0 saturated carbocycles. The summed E-state index contributed by atoms with van der Waals surface area (Å²) in [4.78, 5) is 23.0. The molecule has 0 saturated heterocycles. The van der Waals surface area contributed by atoms with E-state index in [9.17, 15) is 19.8 Å². The molecule has 1 atom stereocenters. The third kappa shape index (κ3) is 7.34. The van der Waals surface area contributed by atoms with E-state index in [-0.39, 0.29) is 29.7 Å². The van der Waals surface area contributed by atoms with Crippen molar-refractivity contribution < 1.29 is 35.5 Å². The zero-order valence-corrected chi connectivity index (χ0v) is 13.3. The van der Waals surface area contributed by atoms with E-state index in [1.807, 2.05) is 18.2 Å². The molecule has 0 aromatic heterocycles. The van der Waals surface area contributed by atoms with Crippen LogP contribution in [0.4, 0.5) is 4.79 Å². The summed E-state index contributed by atoms with van der Waals surface area (Å²) < 4.78 is 5.01. The van der Waals surface area contributed by atoms with E-state index >= 15 is 0 Å². The van der Waals surface area contributed by atoms with Crippen LogP contribution in [-0.4, -0.2) is 39.3 Å². The summed E-state index contributed by atoms with van der Waals surface area (Å²) in [6.45, 7) is 0.0677. The summed E-state index contributed by atoms with van der Waals surface area (Å²) in [6, 6.07) is 14.1. The van der Waals surface area contributed by atoms with Gasteiger partial charge in [0, 0.05) is 6.42 Å². The van der Waals surface area contributed by atoms with Crippen LogP contribution in [0.2, 0.25) is 0 Å². The number of nitrogens with one attached hydrogen (secondary N) is 1. The Labute approximate surface area is 144 Å². The van der Waals surface area contributed by atoms with Gasteiger partial charge in [-0.2, -0.15) is 0 Å². The molecule has 2 aromatic carbocycles. The number of aromatic hydroxyl groups is 1. The first-order valence-electron chi connectivity index (χ1n) is 7.02. The van der Waals surface area contributed by atoms with Gasteiger partial charge in [0.1, 0.15) is 18.4 Å². The summed E-state index contributed by atoms with van der Waals surface area (Å²) in [5.41, 5.74) is 1.49. The largest absolute Gasteiger partial charge is 0.508 e. The van der Waals surface area contributed by atoms with Crippen molar-refractivity contribution in [2.75, 3.05) is 0 Å². The number of hydrogen-bond donors (Lipinski definition) is 3. The van der Waals surface area contributed by atoms with E-state index in [4.69, 9.17) is 4.74 Å². The maximum Gasteiger partial charge on any atom is 0.408 e. The Morgan fingerprint density at radius 2 is 1.56 bits per heavy atom. The predicted molar refractivity (Wildman–Crippen MR) is 90.2 cm³/mol. The summed E-state index contributed by atoms with van der Waals surface area (Å²) in [7, 11) is 0. The fourth-order valence-corrected chi connectivity index (χ4v) is 1.97. The lowest BCUT2D eigenvalue weighted by atomic mass is 10.1. The van der Waals surface area contributed by atoms with Gasteiger partial charge in [-0.05, 0) is 23.3 Å². The van der Waals surface area contributed by atoms with Gasteiger partial charge in [0.05, 0.1) is 0 Å². The zero-order chi connectivity index (χ0) is 16.7. The van der Waals surface area contributed by atoms with Crippen LogP contribution in [0, 0.1) is 0 Å². The molecule has 1 unspecified atom stereocenters. The molecule has 0 bridgehead atoms. The minimum absolute atomic E-state index is 0. The molecule has 136 valence electrons. The molecule has 0 aliphatic rings. The third-order valence-corrected chi connectivity index (χ3v) is 3.18. The molecule has 0 aliphatic heterocycles. The molecule has 0 aliphatic carbocycles. The molecule has 1 amide bonds. The summed E-state index contributed by atoms with van der Waals surface area (Å²) in [5, 5.41) is 20.7. The van der Waals surface area contributed by atoms with Crippen LogP contribution in [0.15, 0.2) is 54.6 Å². The van der Waals surface area contributed by atoms with Crippen molar-refractivity contribution in [1.82, 2.24) is 5.32 Å². The van der Waals surface area contributed by atoms with Gasteiger partial charge in [-0.15, -0.1) is 0 Å². The normalized spacial score (nSPS) is 10.6. The van der Waals surface area contributed by atoms with E-state index in [2.05, 4.69) is 5.32 Å². The number of carbonyl (C=O) groups is 2. The summed E-state index contributed by atoms with van der Waals surface area (Å²) >= 11 is 0. The SMILES string of the molecule is O.O.O=C(NC(Cc1ccc(O)cc1)C(=O)O)OCc1ccccc1. The molecule has 8 nitrogen and oxygen atoms in total. The van der Waals surface area contributed by atoms with Gasteiger partial charge in [-0.3, -0.25) is 0 Å². The molecule has 2 rings (SSSR count). The molecule has 2 aromatic rings. The second-order valence-corrected chi connectivity index (χ2v) is 4.97. The molecule has 7 N–H and O–H groups in total. The first kappa shape index (κ1) is 21.9. The lowest BCUT2D eigenvalue weighted by molar-refractivity contribution is -0.139. The number of benzene rings is 2. The van der Waals surface area contributed by atoms with Crippen molar-refractivity contribution in [2.45, 2.75) is 19.1 Å². The van der Waals surface area contributed by atoms with Gasteiger partial charge in [0.2, 0.25) is 0 Å². The first-order chi connectivity index (χ1) is 11.0. The highest BCUT2D eigenvalue weighted by Gasteiger charge is 2.21. The number of phenols is 1. The number of hydrogen-bond acceptors (Lipinski definition) is 4. The number of carboxylic acid groups (broad SMARTS) is 1. The van der Waals surface area contributed by atoms with E-state index < -0.39 is 18.1 Å². The Kier molecular flexibility index (Phi) is 9.31. The molecule has 8 heteroatoms. The van der Waals surface area contributed by atoms with E-state index in [1.165, 1.54) is 12.1 Å². The molecular weight excluding hydrogens is 330 g/mol. The zero-order valence-electron chi connectivity index (χ0n) is 13.3. The molecule has 0 radical (unpaired) electrons. The van der Waals surface area contributed by atoms with Crippen LogP contribution < -0.4 is 5.32 Å². The lowest BCUT2D eigenvalue weighted by Crippen LogP contribution is -2.42. The van der Waals surface area contributed by atoms with Crippen molar-refractivity contribution >= 4 is 12.1 Å². The molecule has 0 spiro atoms. The van der Waals surface area contributed by atoms with Gasteiger partial charge < -0.3 is 31.2 Å². The predicted octanol–water partition coefficient (Wildman–Crippen LogP) is 0.665. The van der Waals surface area contributed by atoms with Crippen molar-refractivity contribution in [1.29, 1.82) is 0 Å². The highest BCUT2D eigenvalue weighted by molar-refractivity contribution is 5.80. The Bertz CT molecular complexity index is 658. The highest BCUT2D eigenvalue weighted by atomic mass is 16.5. The van der Waals surface area contributed by atoms with E-state index in [0.717, 1.165) is 5.56 Å². The van der Waals surface area contributed by atoms with Crippen molar-refractivity contribution in [3.05, 3.63) is 65.7 Å². The monoisotopic (exact) mass is 351 g/mol. The van der Waals surface area contributed by atoms with Crippen molar-refractivity contribution in [2.24, 2.45) is 0 Å². The number of phenolic OH excluding ortho intramolecular Hbond substituents is 1. The van der Waals surface area contributed by atoms with Gasteiger partial charge >= 0.3 is 12.1 Å². The fraction of sp³-hybridized carbons (Fsp3) is 0.176. The average Bonchev–Trinajstić information content (AvgIpc) is 2.55. The number of amides is 1. The Balaban J connectivity index is 0.00000288. The van der Waals surface area contributed by atoms with Crippen LogP contribution in [0.5, 0.6) is 5.75 Å². The van der Waals surface area contributed by atoms with Crippen LogP contribution in [0.1, 0.15) is 11.1 Å². The van der Waals surface area contributed by atoms with E-state index in [1.54, 1.807) is 24.3 Å². The van der Waals surface area contributed by atoms with Crippen LogP contribution in [0.25, 0.3) is 0 Å². The number of rotatable bonds is 6. The highest BCUT2D eigenvalue weighted by Crippen LogP contribution is 2.11. The average molecular weight is 351 g/mol. The summed E-state index contributed by atoms with van der Waals surface area (Å²) in [6.07, 6.45) is -0.698. The van der Waals surface area contributed by atoms with Crippen LogP contribution in [0.3, 0.4) is 0 Å². The quantitative estimate of drug-likeness (QED) is 0.696.